The van der Waals surface area contributed by atoms with Crippen LogP contribution in [0.1, 0.15) is 71.6 Å². The van der Waals surface area contributed by atoms with Gasteiger partial charge < -0.3 is 10.0 Å². The molecule has 0 aromatic rings. The predicted octanol–water partition coefficient (Wildman–Crippen LogP) is 4.17. The van der Waals surface area contributed by atoms with E-state index in [0.29, 0.717) is 18.3 Å². The summed E-state index contributed by atoms with van der Waals surface area (Å²) in [4.78, 5) is 13.4. The smallest absolute Gasteiger partial charge is 0.303 e. The van der Waals surface area contributed by atoms with Crippen molar-refractivity contribution in [2.24, 2.45) is 11.8 Å². The van der Waals surface area contributed by atoms with Gasteiger partial charge in [0, 0.05) is 13.0 Å². The lowest BCUT2D eigenvalue weighted by Crippen LogP contribution is -2.38. The number of hydrogen-bond donors (Lipinski definition) is 1. The molecule has 0 bridgehead atoms. The summed E-state index contributed by atoms with van der Waals surface area (Å²) in [6.07, 6.45) is 10.9. The SMILES string of the molecule is CCCCCCCCN1CCCC(C(C)CC(=O)O)C1. The van der Waals surface area contributed by atoms with Gasteiger partial charge in [-0.3, -0.25) is 4.79 Å². The fourth-order valence-corrected chi connectivity index (χ4v) is 3.32. The van der Waals surface area contributed by atoms with Gasteiger partial charge in [0.25, 0.3) is 0 Å². The van der Waals surface area contributed by atoms with E-state index in [1.54, 1.807) is 0 Å². The van der Waals surface area contributed by atoms with E-state index in [4.69, 9.17) is 5.11 Å². The number of carboxylic acid groups (broad SMARTS) is 1. The molecule has 0 aliphatic carbocycles. The number of rotatable bonds is 10. The molecule has 1 saturated heterocycles. The Morgan fingerprint density at radius 3 is 2.65 bits per heavy atom. The average Bonchev–Trinajstić information content (AvgIpc) is 2.42. The Labute approximate surface area is 124 Å². The number of likely N-dealkylation sites (tertiary alicyclic amines) is 1. The normalized spacial score (nSPS) is 21.8. The van der Waals surface area contributed by atoms with Gasteiger partial charge in [0.1, 0.15) is 0 Å². The Balaban J connectivity index is 2.15. The molecule has 20 heavy (non-hydrogen) atoms. The number of aliphatic carboxylic acids is 1. The van der Waals surface area contributed by atoms with Crippen LogP contribution in [0.5, 0.6) is 0 Å². The molecule has 0 amide bonds. The molecule has 2 atom stereocenters. The molecule has 1 fully saturated rings. The van der Waals surface area contributed by atoms with Crippen LogP contribution in [0.4, 0.5) is 0 Å². The van der Waals surface area contributed by atoms with Crippen molar-refractivity contribution in [3.8, 4) is 0 Å². The lowest BCUT2D eigenvalue weighted by molar-refractivity contribution is -0.138. The summed E-state index contributed by atoms with van der Waals surface area (Å²) in [5.41, 5.74) is 0. The molecule has 0 aromatic heterocycles. The zero-order valence-electron chi connectivity index (χ0n) is 13.4. The van der Waals surface area contributed by atoms with E-state index in [0.717, 1.165) is 6.54 Å². The van der Waals surface area contributed by atoms with Crippen LogP contribution < -0.4 is 0 Å². The van der Waals surface area contributed by atoms with Crippen molar-refractivity contribution in [3.05, 3.63) is 0 Å². The van der Waals surface area contributed by atoms with Crippen LogP contribution in [0.2, 0.25) is 0 Å². The Hall–Kier alpha value is -0.570. The quantitative estimate of drug-likeness (QED) is 0.612. The molecule has 0 aromatic carbocycles. The second-order valence-corrected chi connectivity index (χ2v) is 6.55. The first kappa shape index (κ1) is 17.5. The summed E-state index contributed by atoms with van der Waals surface area (Å²) in [5, 5.41) is 8.91. The summed E-state index contributed by atoms with van der Waals surface area (Å²) in [5.74, 6) is 0.255. The number of carbonyl (C=O) groups is 1. The molecular weight excluding hydrogens is 250 g/mol. The topological polar surface area (TPSA) is 40.5 Å². The summed E-state index contributed by atoms with van der Waals surface area (Å²) >= 11 is 0. The molecule has 3 nitrogen and oxygen atoms in total. The molecule has 3 heteroatoms. The van der Waals surface area contributed by atoms with Gasteiger partial charge in [0.2, 0.25) is 0 Å². The second kappa shape index (κ2) is 10.2. The molecule has 0 radical (unpaired) electrons. The molecule has 118 valence electrons. The van der Waals surface area contributed by atoms with Crippen LogP contribution in [-0.2, 0) is 4.79 Å². The van der Waals surface area contributed by atoms with Crippen molar-refractivity contribution >= 4 is 5.97 Å². The molecule has 0 saturated carbocycles. The largest absolute Gasteiger partial charge is 0.481 e. The number of nitrogens with zero attached hydrogens (tertiary/aromatic N) is 1. The van der Waals surface area contributed by atoms with E-state index >= 15 is 0 Å². The summed E-state index contributed by atoms with van der Waals surface area (Å²) in [7, 11) is 0. The summed E-state index contributed by atoms with van der Waals surface area (Å²) < 4.78 is 0. The van der Waals surface area contributed by atoms with Crippen LogP contribution in [0.3, 0.4) is 0 Å². The minimum atomic E-state index is -0.648. The first-order valence-corrected chi connectivity index (χ1v) is 8.57. The lowest BCUT2D eigenvalue weighted by atomic mass is 9.84. The van der Waals surface area contributed by atoms with Crippen molar-refractivity contribution in [2.45, 2.75) is 71.6 Å². The van der Waals surface area contributed by atoms with Crippen LogP contribution in [0, 0.1) is 11.8 Å². The van der Waals surface area contributed by atoms with E-state index in [1.807, 2.05) is 0 Å². The Morgan fingerprint density at radius 2 is 1.95 bits per heavy atom. The van der Waals surface area contributed by atoms with Crippen molar-refractivity contribution in [2.75, 3.05) is 19.6 Å². The standard InChI is InChI=1S/C17H33NO2/c1-3-4-5-6-7-8-11-18-12-9-10-16(14-18)15(2)13-17(19)20/h15-16H,3-14H2,1-2H3,(H,19,20). The van der Waals surface area contributed by atoms with E-state index < -0.39 is 5.97 Å². The molecule has 1 rings (SSSR count). The van der Waals surface area contributed by atoms with Gasteiger partial charge >= 0.3 is 5.97 Å². The maximum absolute atomic E-state index is 10.8. The van der Waals surface area contributed by atoms with Crippen molar-refractivity contribution < 1.29 is 9.90 Å². The zero-order valence-corrected chi connectivity index (χ0v) is 13.4. The maximum Gasteiger partial charge on any atom is 0.303 e. The van der Waals surface area contributed by atoms with Crippen LogP contribution in [-0.4, -0.2) is 35.6 Å². The van der Waals surface area contributed by atoms with Crippen LogP contribution >= 0.6 is 0 Å². The highest BCUT2D eigenvalue weighted by molar-refractivity contribution is 5.66. The Kier molecular flexibility index (Phi) is 8.92. The van der Waals surface area contributed by atoms with E-state index in [9.17, 15) is 4.79 Å². The molecule has 0 spiro atoms. The van der Waals surface area contributed by atoms with Crippen molar-refractivity contribution in [1.29, 1.82) is 0 Å². The van der Waals surface area contributed by atoms with Gasteiger partial charge in [0.15, 0.2) is 0 Å². The first-order chi connectivity index (χ1) is 9.63. The van der Waals surface area contributed by atoms with Gasteiger partial charge in [-0.2, -0.15) is 0 Å². The summed E-state index contributed by atoms with van der Waals surface area (Å²) in [6, 6.07) is 0. The van der Waals surface area contributed by atoms with Gasteiger partial charge in [0.05, 0.1) is 0 Å². The van der Waals surface area contributed by atoms with Gasteiger partial charge in [-0.05, 0) is 44.2 Å². The molecule has 1 aliphatic heterocycles. The highest BCUT2D eigenvalue weighted by Gasteiger charge is 2.25. The van der Waals surface area contributed by atoms with E-state index in [2.05, 4.69) is 18.7 Å². The fraction of sp³-hybridized carbons (Fsp3) is 0.941. The van der Waals surface area contributed by atoms with Gasteiger partial charge in [-0.1, -0.05) is 46.0 Å². The van der Waals surface area contributed by atoms with Crippen molar-refractivity contribution in [3.63, 3.8) is 0 Å². The molecule has 1 N–H and O–H groups in total. The van der Waals surface area contributed by atoms with Crippen molar-refractivity contribution in [1.82, 2.24) is 4.90 Å². The monoisotopic (exact) mass is 283 g/mol. The number of hydrogen-bond acceptors (Lipinski definition) is 2. The molecule has 1 heterocycles. The zero-order chi connectivity index (χ0) is 14.8. The highest BCUT2D eigenvalue weighted by Crippen LogP contribution is 2.26. The average molecular weight is 283 g/mol. The number of piperidine rings is 1. The lowest BCUT2D eigenvalue weighted by Gasteiger charge is -2.35. The summed E-state index contributed by atoms with van der Waals surface area (Å²) in [6.45, 7) is 7.90. The highest BCUT2D eigenvalue weighted by atomic mass is 16.4. The van der Waals surface area contributed by atoms with Crippen LogP contribution in [0.25, 0.3) is 0 Å². The Morgan fingerprint density at radius 1 is 1.25 bits per heavy atom. The third-order valence-corrected chi connectivity index (χ3v) is 4.67. The van der Waals surface area contributed by atoms with E-state index in [-0.39, 0.29) is 0 Å². The Bertz CT molecular complexity index is 268. The van der Waals surface area contributed by atoms with Gasteiger partial charge in [-0.25, -0.2) is 0 Å². The molecular formula is C17H33NO2. The predicted molar refractivity (Wildman–Crippen MR) is 84.0 cm³/mol. The van der Waals surface area contributed by atoms with Crippen LogP contribution in [0.15, 0.2) is 0 Å². The van der Waals surface area contributed by atoms with E-state index in [1.165, 1.54) is 64.5 Å². The third-order valence-electron chi connectivity index (χ3n) is 4.67. The molecule has 1 aliphatic rings. The minimum absolute atomic E-state index is 0.319. The third kappa shape index (κ3) is 7.28. The number of carboxylic acids is 1. The second-order valence-electron chi connectivity index (χ2n) is 6.55. The minimum Gasteiger partial charge on any atom is -0.481 e. The molecule has 2 unspecified atom stereocenters. The fourth-order valence-electron chi connectivity index (χ4n) is 3.32. The maximum atomic E-state index is 10.8. The first-order valence-electron chi connectivity index (χ1n) is 8.57. The number of unbranched alkanes of at least 4 members (excludes halogenated alkanes) is 5. The van der Waals surface area contributed by atoms with Gasteiger partial charge in [-0.15, -0.1) is 0 Å².